The number of nitrogens with zero attached hydrogens (tertiary/aromatic N) is 2. The summed E-state index contributed by atoms with van der Waals surface area (Å²) in [5.41, 5.74) is 2.19. The van der Waals surface area contributed by atoms with Gasteiger partial charge in [-0.2, -0.15) is 18.3 Å². The summed E-state index contributed by atoms with van der Waals surface area (Å²) in [6.07, 6.45) is -0.474. The van der Waals surface area contributed by atoms with Crippen LogP contribution in [-0.2, 0) is 13.2 Å². The Kier molecular flexibility index (Phi) is 4.36. The van der Waals surface area contributed by atoms with Gasteiger partial charge in [0.25, 0.3) is 0 Å². The Balaban J connectivity index is 1.90. The number of hydrogen-bond acceptors (Lipinski definition) is 3. The standard InChI is InChI=1S/C17H14F3N3S/c1-23-15(16(21)12-3-2-8-24-10-12)9-14(22-23)11-4-6-13(7-5-11)17(18,19)20/h2-7,9-10,21H,8H2,1H3. The van der Waals surface area contributed by atoms with Crippen LogP contribution in [-0.4, -0.2) is 21.2 Å². The van der Waals surface area contributed by atoms with Crippen LogP contribution in [0.3, 0.4) is 0 Å². The van der Waals surface area contributed by atoms with Crippen LogP contribution >= 0.6 is 11.8 Å². The molecule has 2 aromatic rings. The zero-order valence-electron chi connectivity index (χ0n) is 12.8. The van der Waals surface area contributed by atoms with Crippen LogP contribution in [0.2, 0.25) is 0 Å². The third-order valence-electron chi connectivity index (χ3n) is 3.63. The summed E-state index contributed by atoms with van der Waals surface area (Å²) < 4.78 is 39.5. The van der Waals surface area contributed by atoms with Crippen LogP contribution in [0.15, 0.2) is 53.5 Å². The summed E-state index contributed by atoms with van der Waals surface area (Å²) in [5.74, 6) is 0.888. The van der Waals surface area contributed by atoms with Gasteiger partial charge in [0.05, 0.1) is 22.7 Å². The van der Waals surface area contributed by atoms with Crippen molar-refractivity contribution in [3.8, 4) is 11.3 Å². The number of nitrogens with one attached hydrogen (secondary N) is 1. The molecule has 0 bridgehead atoms. The van der Waals surface area contributed by atoms with Crippen molar-refractivity contribution in [2.75, 3.05) is 5.75 Å². The lowest BCUT2D eigenvalue weighted by atomic mass is 10.1. The van der Waals surface area contributed by atoms with E-state index in [0.717, 1.165) is 23.5 Å². The summed E-state index contributed by atoms with van der Waals surface area (Å²) >= 11 is 1.61. The van der Waals surface area contributed by atoms with E-state index >= 15 is 0 Å². The number of aryl methyl sites for hydroxylation is 1. The molecule has 0 unspecified atom stereocenters. The highest BCUT2D eigenvalue weighted by Gasteiger charge is 2.30. The summed E-state index contributed by atoms with van der Waals surface area (Å²) in [5, 5.41) is 14.6. The SMILES string of the molecule is Cn1nc(-c2ccc(C(F)(F)F)cc2)cc1C(=N)C1=CSCC=C1. The van der Waals surface area contributed by atoms with Crippen LogP contribution in [0.1, 0.15) is 11.3 Å². The molecule has 0 saturated carbocycles. The molecule has 0 saturated heterocycles. The highest BCUT2D eigenvalue weighted by molar-refractivity contribution is 8.02. The van der Waals surface area contributed by atoms with Crippen molar-refractivity contribution in [1.29, 1.82) is 5.41 Å². The number of thioether (sulfide) groups is 1. The summed E-state index contributed by atoms with van der Waals surface area (Å²) in [6.45, 7) is 0. The van der Waals surface area contributed by atoms with E-state index in [0.29, 0.717) is 22.7 Å². The lowest BCUT2D eigenvalue weighted by Gasteiger charge is -2.08. The van der Waals surface area contributed by atoms with Crippen molar-refractivity contribution in [2.45, 2.75) is 6.18 Å². The van der Waals surface area contributed by atoms with E-state index in [-0.39, 0.29) is 0 Å². The third-order valence-corrected chi connectivity index (χ3v) is 4.44. The van der Waals surface area contributed by atoms with Crippen molar-refractivity contribution in [2.24, 2.45) is 7.05 Å². The van der Waals surface area contributed by atoms with Crippen molar-refractivity contribution in [1.82, 2.24) is 9.78 Å². The molecule has 3 rings (SSSR count). The van der Waals surface area contributed by atoms with Gasteiger partial charge in [0.1, 0.15) is 0 Å². The number of rotatable bonds is 3. The fourth-order valence-corrected chi connectivity index (χ4v) is 3.05. The van der Waals surface area contributed by atoms with Gasteiger partial charge in [0.15, 0.2) is 0 Å². The predicted molar refractivity (Wildman–Crippen MR) is 90.2 cm³/mol. The minimum Gasteiger partial charge on any atom is -0.298 e. The molecule has 2 heterocycles. The van der Waals surface area contributed by atoms with Crippen LogP contribution in [0.25, 0.3) is 11.3 Å². The first kappa shape index (κ1) is 16.6. The Labute approximate surface area is 141 Å². The molecule has 0 aliphatic carbocycles. The van der Waals surface area contributed by atoms with E-state index in [2.05, 4.69) is 5.10 Å². The van der Waals surface area contributed by atoms with E-state index in [1.807, 2.05) is 17.6 Å². The third kappa shape index (κ3) is 3.31. The molecule has 124 valence electrons. The molecule has 0 atom stereocenters. The molecular formula is C17H14F3N3S. The number of benzene rings is 1. The van der Waals surface area contributed by atoms with Crippen molar-refractivity contribution in [3.63, 3.8) is 0 Å². The normalized spacial score (nSPS) is 14.6. The Hall–Kier alpha value is -2.28. The van der Waals surface area contributed by atoms with Crippen LogP contribution in [0.5, 0.6) is 0 Å². The van der Waals surface area contributed by atoms with Crippen molar-refractivity contribution >= 4 is 17.5 Å². The van der Waals surface area contributed by atoms with Gasteiger partial charge in [-0.15, -0.1) is 11.8 Å². The second-order valence-electron chi connectivity index (χ2n) is 5.30. The fraction of sp³-hybridized carbons (Fsp3) is 0.176. The molecule has 1 aliphatic rings. The maximum absolute atomic E-state index is 12.6. The summed E-state index contributed by atoms with van der Waals surface area (Å²) in [6, 6.07) is 6.59. The second kappa shape index (κ2) is 6.32. The fourth-order valence-electron chi connectivity index (χ4n) is 2.37. The Morgan fingerprint density at radius 2 is 1.96 bits per heavy atom. The van der Waals surface area contributed by atoms with Gasteiger partial charge >= 0.3 is 6.18 Å². The van der Waals surface area contributed by atoms with Gasteiger partial charge in [-0.1, -0.05) is 24.3 Å². The van der Waals surface area contributed by atoms with E-state index < -0.39 is 11.7 Å². The van der Waals surface area contributed by atoms with Crippen LogP contribution < -0.4 is 0 Å². The molecule has 1 aliphatic heterocycles. The number of allylic oxidation sites excluding steroid dienone is 2. The van der Waals surface area contributed by atoms with Crippen LogP contribution in [0.4, 0.5) is 13.2 Å². The quantitative estimate of drug-likeness (QED) is 0.819. The average molecular weight is 349 g/mol. The Morgan fingerprint density at radius 1 is 1.25 bits per heavy atom. The average Bonchev–Trinajstić information content (AvgIpc) is 2.96. The molecule has 7 heteroatoms. The molecule has 1 N–H and O–H groups in total. The maximum atomic E-state index is 12.6. The van der Waals surface area contributed by atoms with Gasteiger partial charge in [0.2, 0.25) is 0 Å². The molecule has 1 aromatic heterocycles. The first-order valence-electron chi connectivity index (χ1n) is 7.15. The lowest BCUT2D eigenvalue weighted by molar-refractivity contribution is -0.137. The topological polar surface area (TPSA) is 41.7 Å². The molecule has 24 heavy (non-hydrogen) atoms. The first-order chi connectivity index (χ1) is 11.4. The van der Waals surface area contributed by atoms with E-state index in [4.69, 9.17) is 5.41 Å². The molecular weight excluding hydrogens is 335 g/mol. The minimum absolute atomic E-state index is 0.339. The molecule has 1 aromatic carbocycles. The van der Waals surface area contributed by atoms with Gasteiger partial charge in [-0.25, -0.2) is 0 Å². The Bertz CT molecular complexity index is 830. The number of halogens is 3. The molecule has 0 spiro atoms. The lowest BCUT2D eigenvalue weighted by Crippen LogP contribution is -2.09. The molecule has 3 nitrogen and oxygen atoms in total. The van der Waals surface area contributed by atoms with Gasteiger partial charge in [0, 0.05) is 23.9 Å². The van der Waals surface area contributed by atoms with E-state index in [9.17, 15) is 13.2 Å². The van der Waals surface area contributed by atoms with Crippen molar-refractivity contribution < 1.29 is 13.2 Å². The summed E-state index contributed by atoms with van der Waals surface area (Å²) in [4.78, 5) is 0. The second-order valence-corrected chi connectivity index (χ2v) is 6.20. The number of hydrogen-bond donors (Lipinski definition) is 1. The van der Waals surface area contributed by atoms with Crippen molar-refractivity contribution in [3.05, 3.63) is 64.7 Å². The van der Waals surface area contributed by atoms with Gasteiger partial charge in [-0.05, 0) is 23.6 Å². The summed E-state index contributed by atoms with van der Waals surface area (Å²) in [7, 11) is 1.72. The monoisotopic (exact) mass is 349 g/mol. The number of alkyl halides is 3. The van der Waals surface area contributed by atoms with E-state index in [1.54, 1.807) is 29.6 Å². The zero-order valence-corrected chi connectivity index (χ0v) is 13.6. The van der Waals surface area contributed by atoms with Gasteiger partial charge in [-0.3, -0.25) is 10.1 Å². The molecule has 0 amide bonds. The van der Waals surface area contributed by atoms with Gasteiger partial charge < -0.3 is 0 Å². The largest absolute Gasteiger partial charge is 0.416 e. The maximum Gasteiger partial charge on any atom is 0.416 e. The smallest absolute Gasteiger partial charge is 0.298 e. The first-order valence-corrected chi connectivity index (χ1v) is 8.20. The Morgan fingerprint density at radius 3 is 2.54 bits per heavy atom. The minimum atomic E-state index is -4.35. The highest BCUT2D eigenvalue weighted by Crippen LogP contribution is 2.31. The molecule has 0 radical (unpaired) electrons. The van der Waals surface area contributed by atoms with Crippen LogP contribution in [0, 0.1) is 5.41 Å². The zero-order chi connectivity index (χ0) is 17.3. The highest BCUT2D eigenvalue weighted by atomic mass is 32.2. The van der Waals surface area contributed by atoms with E-state index in [1.165, 1.54) is 12.1 Å². The predicted octanol–water partition coefficient (Wildman–Crippen LogP) is 4.66. The molecule has 0 fully saturated rings. The number of aromatic nitrogens is 2.